The molecule has 2 aromatic heterocycles. The van der Waals surface area contributed by atoms with E-state index in [1.807, 2.05) is 24.6 Å². The Morgan fingerprint density at radius 2 is 1.97 bits per heavy atom. The number of carbonyl (C=O) groups is 3. The lowest BCUT2D eigenvalue weighted by Gasteiger charge is -2.34. The number of thiophene rings is 1. The molecule has 9 nitrogen and oxygen atoms in total. The van der Waals surface area contributed by atoms with E-state index in [1.165, 1.54) is 36.4 Å². The molecule has 0 aromatic carbocycles. The second kappa shape index (κ2) is 12.9. The van der Waals surface area contributed by atoms with Gasteiger partial charge in [-0.05, 0) is 63.1 Å². The minimum Gasteiger partial charge on any atom is -0.463 e. The molecule has 2 N–H and O–H groups in total. The number of nitrogens with zero attached hydrogens (tertiary/aromatic N) is 1. The largest absolute Gasteiger partial charge is 0.463 e. The number of amides is 1. The molecule has 3 unspecified atom stereocenters. The monoisotopic (exact) mass is 545 g/mol. The number of thioether (sulfide) groups is 1. The van der Waals surface area contributed by atoms with E-state index in [4.69, 9.17) is 14.2 Å². The molecule has 1 aliphatic rings. The molecule has 0 radical (unpaired) electrons. The number of aromatic nitrogens is 1. The fourth-order valence-corrected chi connectivity index (χ4v) is 5.37. The number of hydrogen-bond acceptors (Lipinski definition) is 10. The van der Waals surface area contributed by atoms with Gasteiger partial charge in [0.15, 0.2) is 6.29 Å². The van der Waals surface area contributed by atoms with Gasteiger partial charge in [0.05, 0.1) is 34.9 Å². The van der Waals surface area contributed by atoms with Gasteiger partial charge < -0.3 is 24.8 Å². The topological polar surface area (TPSA) is 116 Å². The second-order valence-corrected chi connectivity index (χ2v) is 10.2. The third-order valence-electron chi connectivity index (χ3n) is 5.81. The Morgan fingerprint density at radius 1 is 1.22 bits per heavy atom. The van der Waals surface area contributed by atoms with Gasteiger partial charge in [-0.3, -0.25) is 9.78 Å². The first-order valence-electron chi connectivity index (χ1n) is 11.6. The van der Waals surface area contributed by atoms with Crippen LogP contribution in [-0.4, -0.2) is 54.5 Å². The summed E-state index contributed by atoms with van der Waals surface area (Å²) < 4.78 is 16.1. The normalized spacial score (nSPS) is 17.1. The standard InChI is InChI=1S/C26H31N3O6S2/c1-7-34-25(31)21-20(18-10-12-37-15(18)3)19(26(32)35-16(4)33-5)14(2)28-22(21)24(36-6)29-23(30)17-9-8-11-27-13-17/h8-13,16,20,24,28H,7H2,1-6H3,(H,29,30). The summed E-state index contributed by atoms with van der Waals surface area (Å²) in [6.45, 7) is 7.13. The lowest BCUT2D eigenvalue weighted by atomic mass is 9.80. The molecule has 0 aliphatic carbocycles. The van der Waals surface area contributed by atoms with Crippen molar-refractivity contribution in [1.82, 2.24) is 15.6 Å². The van der Waals surface area contributed by atoms with Crippen molar-refractivity contribution >= 4 is 40.9 Å². The van der Waals surface area contributed by atoms with Crippen molar-refractivity contribution < 1.29 is 28.6 Å². The summed E-state index contributed by atoms with van der Waals surface area (Å²) in [7, 11) is 1.44. The van der Waals surface area contributed by atoms with Crippen LogP contribution in [0, 0.1) is 6.92 Å². The van der Waals surface area contributed by atoms with Gasteiger partial charge >= 0.3 is 11.9 Å². The Bertz CT molecular complexity index is 1210. The highest BCUT2D eigenvalue weighted by Crippen LogP contribution is 2.43. The number of dihydropyridines is 1. The molecule has 37 heavy (non-hydrogen) atoms. The van der Waals surface area contributed by atoms with Crippen molar-refractivity contribution in [2.45, 2.75) is 45.3 Å². The van der Waals surface area contributed by atoms with E-state index in [1.54, 1.807) is 39.1 Å². The lowest BCUT2D eigenvalue weighted by molar-refractivity contribution is -0.165. The number of methoxy groups -OCH3 is 1. The van der Waals surface area contributed by atoms with Crippen LogP contribution in [-0.2, 0) is 23.8 Å². The number of esters is 2. The molecule has 3 heterocycles. The third-order valence-corrected chi connectivity index (χ3v) is 7.49. The van der Waals surface area contributed by atoms with Gasteiger partial charge in [-0.2, -0.15) is 0 Å². The molecular formula is C26H31N3O6S2. The number of carbonyl (C=O) groups excluding carboxylic acids is 3. The van der Waals surface area contributed by atoms with Gasteiger partial charge in [0.1, 0.15) is 5.37 Å². The summed E-state index contributed by atoms with van der Waals surface area (Å²) in [5.41, 5.74) is 2.61. The highest BCUT2D eigenvalue weighted by atomic mass is 32.2. The van der Waals surface area contributed by atoms with E-state index in [0.29, 0.717) is 17.0 Å². The van der Waals surface area contributed by atoms with E-state index < -0.39 is 29.5 Å². The number of rotatable bonds is 10. The van der Waals surface area contributed by atoms with Gasteiger partial charge in [-0.25, -0.2) is 9.59 Å². The number of allylic oxidation sites excluding steroid dienone is 1. The van der Waals surface area contributed by atoms with Gasteiger partial charge in [-0.15, -0.1) is 23.1 Å². The highest BCUT2D eigenvalue weighted by Gasteiger charge is 2.42. The maximum atomic E-state index is 13.5. The molecule has 1 amide bonds. The highest BCUT2D eigenvalue weighted by molar-refractivity contribution is 7.99. The summed E-state index contributed by atoms with van der Waals surface area (Å²) in [5.74, 6) is -2.33. The minimum absolute atomic E-state index is 0.139. The third kappa shape index (κ3) is 6.41. The molecule has 0 spiro atoms. The van der Waals surface area contributed by atoms with E-state index in [9.17, 15) is 14.4 Å². The molecule has 0 saturated heterocycles. The van der Waals surface area contributed by atoms with Crippen LogP contribution in [0.1, 0.15) is 47.5 Å². The van der Waals surface area contributed by atoms with Crippen molar-refractivity contribution in [2.75, 3.05) is 20.0 Å². The SMILES string of the molecule is CCOC(=O)C1=C(C(NC(=O)c2cccnc2)SC)NC(C)=C(C(=O)OC(C)OC)C1c1ccsc1C. The van der Waals surface area contributed by atoms with Gasteiger partial charge in [0.2, 0.25) is 0 Å². The number of aryl methyl sites for hydroxylation is 1. The van der Waals surface area contributed by atoms with Crippen molar-refractivity contribution in [2.24, 2.45) is 0 Å². The van der Waals surface area contributed by atoms with Crippen LogP contribution in [0.4, 0.5) is 0 Å². The van der Waals surface area contributed by atoms with Gasteiger partial charge in [0, 0.05) is 30.1 Å². The van der Waals surface area contributed by atoms with Crippen LogP contribution in [0.15, 0.2) is 58.5 Å². The molecule has 2 aromatic rings. The molecule has 3 atom stereocenters. The molecule has 198 valence electrons. The summed E-state index contributed by atoms with van der Waals surface area (Å²) in [6.07, 6.45) is 4.08. The Balaban J connectivity index is 2.17. The zero-order valence-corrected chi connectivity index (χ0v) is 23.2. The average Bonchev–Trinajstić information content (AvgIpc) is 3.32. The van der Waals surface area contributed by atoms with Crippen LogP contribution in [0.3, 0.4) is 0 Å². The molecular weight excluding hydrogens is 514 g/mol. The predicted octanol–water partition coefficient (Wildman–Crippen LogP) is 3.88. The van der Waals surface area contributed by atoms with E-state index >= 15 is 0 Å². The number of pyridine rings is 1. The van der Waals surface area contributed by atoms with E-state index in [-0.39, 0.29) is 23.7 Å². The molecule has 3 rings (SSSR count). The fourth-order valence-electron chi connectivity index (χ4n) is 3.98. The number of ether oxygens (including phenoxy) is 3. The first kappa shape index (κ1) is 28.4. The minimum atomic E-state index is -0.786. The number of hydrogen-bond donors (Lipinski definition) is 2. The Hall–Kier alpha value is -3.15. The summed E-state index contributed by atoms with van der Waals surface area (Å²) in [5, 5.41) is 7.43. The van der Waals surface area contributed by atoms with E-state index in [0.717, 1.165) is 10.4 Å². The van der Waals surface area contributed by atoms with Gasteiger partial charge in [-0.1, -0.05) is 0 Å². The van der Waals surface area contributed by atoms with Crippen molar-refractivity contribution in [3.8, 4) is 0 Å². The fraction of sp³-hybridized carbons (Fsp3) is 0.385. The Morgan fingerprint density at radius 3 is 2.54 bits per heavy atom. The first-order valence-corrected chi connectivity index (χ1v) is 13.8. The zero-order valence-electron chi connectivity index (χ0n) is 21.6. The lowest BCUT2D eigenvalue weighted by Crippen LogP contribution is -2.43. The molecule has 11 heteroatoms. The molecule has 1 aliphatic heterocycles. The van der Waals surface area contributed by atoms with Crippen LogP contribution in [0.5, 0.6) is 0 Å². The van der Waals surface area contributed by atoms with Crippen LogP contribution in [0.2, 0.25) is 0 Å². The maximum absolute atomic E-state index is 13.5. The smallest absolute Gasteiger partial charge is 0.339 e. The zero-order chi connectivity index (χ0) is 27.1. The molecule has 0 fully saturated rings. The summed E-state index contributed by atoms with van der Waals surface area (Å²) in [6, 6.07) is 5.21. The van der Waals surface area contributed by atoms with Gasteiger partial charge in [0.25, 0.3) is 5.91 Å². The summed E-state index contributed by atoms with van der Waals surface area (Å²) >= 11 is 2.84. The molecule has 0 saturated carbocycles. The van der Waals surface area contributed by atoms with Crippen LogP contribution in [0.25, 0.3) is 0 Å². The van der Waals surface area contributed by atoms with Crippen LogP contribution < -0.4 is 10.6 Å². The molecule has 0 bridgehead atoms. The Labute approximate surface area is 224 Å². The second-order valence-electron chi connectivity index (χ2n) is 8.12. The van der Waals surface area contributed by atoms with Crippen molar-refractivity contribution in [3.05, 3.63) is 74.5 Å². The van der Waals surface area contributed by atoms with Crippen molar-refractivity contribution in [3.63, 3.8) is 0 Å². The maximum Gasteiger partial charge on any atom is 0.339 e. The Kier molecular flexibility index (Phi) is 9.90. The summed E-state index contributed by atoms with van der Waals surface area (Å²) in [4.78, 5) is 44.8. The quantitative estimate of drug-likeness (QED) is 0.339. The average molecular weight is 546 g/mol. The number of nitrogens with one attached hydrogen (secondary N) is 2. The van der Waals surface area contributed by atoms with Crippen LogP contribution >= 0.6 is 23.1 Å². The van der Waals surface area contributed by atoms with E-state index in [2.05, 4.69) is 15.6 Å². The predicted molar refractivity (Wildman–Crippen MR) is 143 cm³/mol. The first-order chi connectivity index (χ1) is 17.7. The van der Waals surface area contributed by atoms with Crippen molar-refractivity contribution in [1.29, 1.82) is 0 Å².